The Balaban J connectivity index is 2.24. The minimum atomic E-state index is -3.02. The molecule has 0 saturated carbocycles. The monoisotopic (exact) mass is 234 g/mol. The summed E-state index contributed by atoms with van der Waals surface area (Å²) in [6.45, 7) is 3.47. The van der Waals surface area contributed by atoms with Gasteiger partial charge in [-0.25, -0.2) is 8.42 Å². The van der Waals surface area contributed by atoms with Crippen LogP contribution in [0.25, 0.3) is 0 Å². The van der Waals surface area contributed by atoms with Gasteiger partial charge in [0.05, 0.1) is 5.75 Å². The van der Waals surface area contributed by atoms with Crippen molar-refractivity contribution in [2.24, 2.45) is 5.92 Å². The van der Waals surface area contributed by atoms with Crippen LogP contribution in [0.4, 0.5) is 0 Å². The van der Waals surface area contributed by atoms with Crippen LogP contribution >= 0.6 is 0 Å². The molecule has 1 aliphatic rings. The summed E-state index contributed by atoms with van der Waals surface area (Å²) in [7, 11) is -3.02. The standard InChI is InChI=1S/C9H18N2O3S/c1-7(6-15(2,13)14)11-9(12)3-8-4-10-5-8/h7-8,10H,3-6H2,1-2H3,(H,11,12). The molecule has 0 aromatic carbocycles. The third-order valence-corrected chi connectivity index (χ3v) is 3.41. The lowest BCUT2D eigenvalue weighted by atomic mass is 9.99. The van der Waals surface area contributed by atoms with Gasteiger partial charge in [0.1, 0.15) is 9.84 Å². The summed E-state index contributed by atoms with van der Waals surface area (Å²) in [5.41, 5.74) is 0. The maximum atomic E-state index is 11.4. The second-order valence-electron chi connectivity index (χ2n) is 4.29. The summed E-state index contributed by atoms with van der Waals surface area (Å²) in [6, 6.07) is -0.305. The number of nitrogens with one attached hydrogen (secondary N) is 2. The molecule has 0 aromatic rings. The first-order valence-corrected chi connectivity index (χ1v) is 7.10. The van der Waals surface area contributed by atoms with Crippen LogP contribution < -0.4 is 10.6 Å². The molecule has 1 fully saturated rings. The molecule has 0 aliphatic carbocycles. The second kappa shape index (κ2) is 4.94. The molecule has 1 amide bonds. The summed E-state index contributed by atoms with van der Waals surface area (Å²) < 4.78 is 21.9. The van der Waals surface area contributed by atoms with Crippen LogP contribution in [0, 0.1) is 5.92 Å². The fourth-order valence-electron chi connectivity index (χ4n) is 1.58. The average Bonchev–Trinajstić information content (AvgIpc) is 1.92. The molecule has 15 heavy (non-hydrogen) atoms. The van der Waals surface area contributed by atoms with Crippen LogP contribution in [-0.2, 0) is 14.6 Å². The molecule has 1 heterocycles. The van der Waals surface area contributed by atoms with Crippen molar-refractivity contribution >= 4 is 15.7 Å². The van der Waals surface area contributed by atoms with E-state index in [1.807, 2.05) is 0 Å². The minimum absolute atomic E-state index is 0.00164. The topological polar surface area (TPSA) is 75.3 Å². The fraction of sp³-hybridized carbons (Fsp3) is 0.889. The van der Waals surface area contributed by atoms with Gasteiger partial charge in [-0.15, -0.1) is 0 Å². The zero-order valence-corrected chi connectivity index (χ0v) is 9.93. The molecule has 88 valence electrons. The van der Waals surface area contributed by atoms with Gasteiger partial charge in [-0.05, 0) is 25.9 Å². The van der Waals surface area contributed by atoms with Crippen molar-refractivity contribution in [3.63, 3.8) is 0 Å². The van der Waals surface area contributed by atoms with Crippen LogP contribution in [0.2, 0.25) is 0 Å². The summed E-state index contributed by atoms with van der Waals surface area (Å²) in [5, 5.41) is 5.77. The van der Waals surface area contributed by atoms with Gasteiger partial charge in [0.25, 0.3) is 0 Å². The average molecular weight is 234 g/mol. The summed E-state index contributed by atoms with van der Waals surface area (Å²) in [5.74, 6) is 0.356. The van der Waals surface area contributed by atoms with Crippen LogP contribution in [0.15, 0.2) is 0 Å². The lowest BCUT2D eigenvalue weighted by Crippen LogP contribution is -2.46. The van der Waals surface area contributed by atoms with E-state index in [4.69, 9.17) is 0 Å². The zero-order chi connectivity index (χ0) is 11.5. The van der Waals surface area contributed by atoms with Crippen LogP contribution in [0.5, 0.6) is 0 Å². The van der Waals surface area contributed by atoms with E-state index in [0.717, 1.165) is 13.1 Å². The largest absolute Gasteiger partial charge is 0.353 e. The Morgan fingerprint density at radius 2 is 2.13 bits per heavy atom. The van der Waals surface area contributed by atoms with Crippen molar-refractivity contribution in [1.82, 2.24) is 10.6 Å². The number of hydrogen-bond acceptors (Lipinski definition) is 4. The lowest BCUT2D eigenvalue weighted by molar-refractivity contribution is -0.122. The van der Waals surface area contributed by atoms with E-state index in [2.05, 4.69) is 10.6 Å². The van der Waals surface area contributed by atoms with Gasteiger partial charge >= 0.3 is 0 Å². The third-order valence-electron chi connectivity index (χ3n) is 2.30. The predicted molar refractivity (Wildman–Crippen MR) is 58.3 cm³/mol. The highest BCUT2D eigenvalue weighted by atomic mass is 32.2. The van der Waals surface area contributed by atoms with Crippen molar-refractivity contribution in [2.45, 2.75) is 19.4 Å². The van der Waals surface area contributed by atoms with E-state index in [9.17, 15) is 13.2 Å². The van der Waals surface area contributed by atoms with Gasteiger partial charge in [0.15, 0.2) is 0 Å². The highest BCUT2D eigenvalue weighted by Crippen LogP contribution is 2.07. The van der Waals surface area contributed by atoms with E-state index in [1.165, 1.54) is 6.26 Å². The Labute approximate surface area is 90.5 Å². The van der Waals surface area contributed by atoms with Crippen molar-refractivity contribution in [3.8, 4) is 0 Å². The van der Waals surface area contributed by atoms with Crippen LogP contribution in [0.1, 0.15) is 13.3 Å². The molecule has 0 radical (unpaired) electrons. The Bertz CT molecular complexity index is 322. The van der Waals surface area contributed by atoms with Gasteiger partial charge in [-0.1, -0.05) is 0 Å². The SMILES string of the molecule is CC(CS(C)(=O)=O)NC(=O)CC1CNC1. The molecule has 0 aromatic heterocycles. The Hall–Kier alpha value is -0.620. The van der Waals surface area contributed by atoms with E-state index in [-0.39, 0.29) is 17.7 Å². The molecular formula is C9H18N2O3S. The number of carbonyl (C=O) groups excluding carboxylic acids is 1. The van der Waals surface area contributed by atoms with Gasteiger partial charge in [0.2, 0.25) is 5.91 Å². The van der Waals surface area contributed by atoms with Crippen LogP contribution in [-0.4, -0.2) is 45.5 Å². The second-order valence-corrected chi connectivity index (χ2v) is 6.47. The Morgan fingerprint density at radius 3 is 2.53 bits per heavy atom. The predicted octanol–water partition coefficient (Wildman–Crippen LogP) is -0.855. The van der Waals surface area contributed by atoms with Gasteiger partial charge in [-0.3, -0.25) is 4.79 Å². The van der Waals surface area contributed by atoms with Crippen molar-refractivity contribution < 1.29 is 13.2 Å². The number of hydrogen-bond donors (Lipinski definition) is 2. The van der Waals surface area contributed by atoms with Crippen molar-refractivity contribution in [3.05, 3.63) is 0 Å². The van der Waals surface area contributed by atoms with E-state index in [1.54, 1.807) is 6.92 Å². The molecule has 1 aliphatic heterocycles. The van der Waals surface area contributed by atoms with E-state index in [0.29, 0.717) is 12.3 Å². The first kappa shape index (κ1) is 12.4. The number of sulfone groups is 1. The molecule has 5 nitrogen and oxygen atoms in total. The van der Waals surface area contributed by atoms with Gasteiger partial charge in [0, 0.05) is 18.7 Å². The highest BCUT2D eigenvalue weighted by molar-refractivity contribution is 7.90. The zero-order valence-electron chi connectivity index (χ0n) is 9.12. The molecule has 0 bridgehead atoms. The first-order chi connectivity index (χ1) is 6.87. The van der Waals surface area contributed by atoms with Gasteiger partial charge in [-0.2, -0.15) is 0 Å². The van der Waals surface area contributed by atoms with Crippen LogP contribution in [0.3, 0.4) is 0 Å². The first-order valence-electron chi connectivity index (χ1n) is 5.04. The molecule has 0 spiro atoms. The smallest absolute Gasteiger partial charge is 0.220 e. The lowest BCUT2D eigenvalue weighted by Gasteiger charge is -2.26. The molecule has 1 unspecified atom stereocenters. The molecule has 1 saturated heterocycles. The number of amides is 1. The minimum Gasteiger partial charge on any atom is -0.353 e. The molecule has 6 heteroatoms. The summed E-state index contributed by atoms with van der Waals surface area (Å²) in [6.07, 6.45) is 1.66. The van der Waals surface area contributed by atoms with E-state index < -0.39 is 9.84 Å². The normalized spacial score (nSPS) is 19.3. The highest BCUT2D eigenvalue weighted by Gasteiger charge is 2.21. The fourth-order valence-corrected chi connectivity index (χ4v) is 2.58. The summed E-state index contributed by atoms with van der Waals surface area (Å²) >= 11 is 0. The number of rotatable bonds is 5. The van der Waals surface area contributed by atoms with Crippen molar-refractivity contribution in [2.75, 3.05) is 25.1 Å². The molecule has 1 atom stereocenters. The van der Waals surface area contributed by atoms with Gasteiger partial charge < -0.3 is 10.6 Å². The maximum Gasteiger partial charge on any atom is 0.220 e. The maximum absolute atomic E-state index is 11.4. The van der Waals surface area contributed by atoms with Crippen molar-refractivity contribution in [1.29, 1.82) is 0 Å². The third kappa shape index (κ3) is 5.13. The molecule has 1 rings (SSSR count). The Morgan fingerprint density at radius 1 is 1.53 bits per heavy atom. The molecular weight excluding hydrogens is 216 g/mol. The van der Waals surface area contributed by atoms with E-state index >= 15 is 0 Å². The Kier molecular flexibility index (Phi) is 4.10. The number of carbonyl (C=O) groups is 1. The summed E-state index contributed by atoms with van der Waals surface area (Å²) in [4.78, 5) is 11.4. The quantitative estimate of drug-likeness (QED) is 0.649. The molecule has 2 N–H and O–H groups in total.